The minimum absolute atomic E-state index is 0.161. The van der Waals surface area contributed by atoms with Gasteiger partial charge in [-0.3, -0.25) is 0 Å². The van der Waals surface area contributed by atoms with Crippen molar-refractivity contribution in [2.45, 2.75) is 13.8 Å². The predicted molar refractivity (Wildman–Crippen MR) is 61.7 cm³/mol. The summed E-state index contributed by atoms with van der Waals surface area (Å²) < 4.78 is 5.49. The van der Waals surface area contributed by atoms with Crippen LogP contribution in [-0.4, -0.2) is 24.2 Å². The van der Waals surface area contributed by atoms with Gasteiger partial charge in [0.15, 0.2) is 0 Å². The first-order valence-corrected chi connectivity index (χ1v) is 5.11. The van der Waals surface area contributed by atoms with E-state index in [1.165, 1.54) is 6.07 Å². The number of nitrogens with two attached hydrogens (primary N) is 1. The van der Waals surface area contributed by atoms with Crippen molar-refractivity contribution in [2.24, 2.45) is 11.1 Å². The molecule has 0 unspecified atom stereocenters. The molecule has 0 bridgehead atoms. The van der Waals surface area contributed by atoms with Gasteiger partial charge >= 0.3 is 5.97 Å². The summed E-state index contributed by atoms with van der Waals surface area (Å²) >= 11 is 0. The van der Waals surface area contributed by atoms with E-state index >= 15 is 0 Å². The molecule has 1 aromatic carbocycles. The van der Waals surface area contributed by atoms with Gasteiger partial charge in [-0.25, -0.2) is 4.79 Å². The highest BCUT2D eigenvalue weighted by atomic mass is 16.5. The Morgan fingerprint density at radius 1 is 1.44 bits per heavy atom. The van der Waals surface area contributed by atoms with Crippen LogP contribution in [0.3, 0.4) is 0 Å². The number of para-hydroxylation sites is 1. The number of carboxylic acid groups (broad SMARTS) is 1. The van der Waals surface area contributed by atoms with Gasteiger partial charge in [0.05, 0.1) is 6.61 Å². The average Bonchev–Trinajstić information content (AvgIpc) is 2.27. The lowest BCUT2D eigenvalue weighted by Crippen LogP contribution is -2.30. The van der Waals surface area contributed by atoms with Crippen molar-refractivity contribution < 1.29 is 14.6 Å². The van der Waals surface area contributed by atoms with E-state index in [-0.39, 0.29) is 11.0 Å². The number of benzene rings is 1. The Labute approximate surface area is 95.0 Å². The lowest BCUT2D eigenvalue weighted by molar-refractivity contribution is 0.0689. The van der Waals surface area contributed by atoms with Gasteiger partial charge in [0.2, 0.25) is 0 Å². The van der Waals surface area contributed by atoms with Crippen LogP contribution >= 0.6 is 0 Å². The van der Waals surface area contributed by atoms with Gasteiger partial charge in [-0.2, -0.15) is 0 Å². The maximum atomic E-state index is 10.9. The molecule has 0 saturated heterocycles. The number of aromatic carboxylic acids is 1. The smallest absolute Gasteiger partial charge is 0.339 e. The fraction of sp³-hybridized carbons (Fsp3) is 0.417. The van der Waals surface area contributed by atoms with E-state index < -0.39 is 5.97 Å². The Morgan fingerprint density at radius 3 is 2.62 bits per heavy atom. The first kappa shape index (κ1) is 12.5. The lowest BCUT2D eigenvalue weighted by atomic mass is 9.95. The second-order valence-electron chi connectivity index (χ2n) is 4.46. The number of carboxylic acids is 1. The largest absolute Gasteiger partial charge is 0.492 e. The summed E-state index contributed by atoms with van der Waals surface area (Å²) in [4.78, 5) is 10.9. The molecule has 1 rings (SSSR count). The second-order valence-corrected chi connectivity index (χ2v) is 4.46. The van der Waals surface area contributed by atoms with Crippen molar-refractivity contribution in [3.63, 3.8) is 0 Å². The minimum Gasteiger partial charge on any atom is -0.492 e. The zero-order valence-corrected chi connectivity index (χ0v) is 9.56. The van der Waals surface area contributed by atoms with Crippen LogP contribution in [0.1, 0.15) is 24.2 Å². The van der Waals surface area contributed by atoms with Crippen molar-refractivity contribution in [3.05, 3.63) is 29.8 Å². The monoisotopic (exact) mass is 223 g/mol. The van der Waals surface area contributed by atoms with Gasteiger partial charge < -0.3 is 15.6 Å². The molecule has 88 valence electrons. The average molecular weight is 223 g/mol. The van der Waals surface area contributed by atoms with E-state index in [0.29, 0.717) is 18.9 Å². The fourth-order valence-corrected chi connectivity index (χ4v) is 1.10. The highest BCUT2D eigenvalue weighted by Gasteiger charge is 2.18. The third-order valence-corrected chi connectivity index (χ3v) is 2.29. The number of rotatable bonds is 5. The molecule has 4 heteroatoms. The third-order valence-electron chi connectivity index (χ3n) is 2.29. The van der Waals surface area contributed by atoms with E-state index in [1.54, 1.807) is 18.2 Å². The Balaban J connectivity index is 2.78. The summed E-state index contributed by atoms with van der Waals surface area (Å²) in [5, 5.41) is 8.95. The first-order chi connectivity index (χ1) is 7.46. The lowest BCUT2D eigenvalue weighted by Gasteiger charge is -2.22. The number of ether oxygens (including phenoxy) is 1. The molecule has 0 aliphatic heterocycles. The molecule has 0 aliphatic rings. The molecule has 16 heavy (non-hydrogen) atoms. The molecule has 0 heterocycles. The van der Waals surface area contributed by atoms with Crippen LogP contribution < -0.4 is 10.5 Å². The van der Waals surface area contributed by atoms with E-state index in [1.807, 2.05) is 13.8 Å². The van der Waals surface area contributed by atoms with Gasteiger partial charge in [-0.05, 0) is 12.1 Å². The quantitative estimate of drug-likeness (QED) is 0.797. The molecular weight excluding hydrogens is 206 g/mol. The summed E-state index contributed by atoms with van der Waals surface area (Å²) in [6, 6.07) is 6.59. The summed E-state index contributed by atoms with van der Waals surface area (Å²) in [7, 11) is 0. The molecule has 0 radical (unpaired) electrons. The Bertz CT molecular complexity index is 374. The molecule has 0 fully saturated rings. The number of hydrogen-bond donors (Lipinski definition) is 2. The zero-order chi connectivity index (χ0) is 12.2. The van der Waals surface area contributed by atoms with Crippen molar-refractivity contribution >= 4 is 5.97 Å². The highest BCUT2D eigenvalue weighted by Crippen LogP contribution is 2.21. The van der Waals surface area contributed by atoms with Gasteiger partial charge in [0.1, 0.15) is 11.3 Å². The molecule has 0 saturated carbocycles. The van der Waals surface area contributed by atoms with Crippen LogP contribution in [-0.2, 0) is 0 Å². The van der Waals surface area contributed by atoms with Crippen molar-refractivity contribution in [2.75, 3.05) is 13.2 Å². The van der Waals surface area contributed by atoms with E-state index in [4.69, 9.17) is 15.6 Å². The Hall–Kier alpha value is -1.55. The molecule has 0 amide bonds. The first-order valence-electron chi connectivity index (χ1n) is 5.11. The topological polar surface area (TPSA) is 72.5 Å². The molecule has 0 atom stereocenters. The molecule has 1 aromatic rings. The van der Waals surface area contributed by atoms with E-state index in [0.717, 1.165) is 0 Å². The SMILES string of the molecule is CC(C)(CN)COc1ccccc1C(=O)O. The molecule has 4 nitrogen and oxygen atoms in total. The van der Waals surface area contributed by atoms with Crippen molar-refractivity contribution in [1.82, 2.24) is 0 Å². The predicted octanol–water partition coefficient (Wildman–Crippen LogP) is 1.75. The van der Waals surface area contributed by atoms with Crippen LogP contribution in [0.15, 0.2) is 24.3 Å². The van der Waals surface area contributed by atoms with Crippen molar-refractivity contribution in [3.8, 4) is 5.75 Å². The van der Waals surface area contributed by atoms with Crippen LogP contribution in [0.5, 0.6) is 5.75 Å². The van der Waals surface area contributed by atoms with Gasteiger partial charge in [-0.1, -0.05) is 26.0 Å². The summed E-state index contributed by atoms with van der Waals surface area (Å²) in [6.45, 7) is 4.82. The van der Waals surface area contributed by atoms with Crippen LogP contribution in [0, 0.1) is 5.41 Å². The number of hydrogen-bond acceptors (Lipinski definition) is 3. The summed E-state index contributed by atoms with van der Waals surface area (Å²) in [5.41, 5.74) is 5.59. The standard InChI is InChI=1S/C12H17NO3/c1-12(2,7-13)8-16-10-6-4-3-5-9(10)11(14)15/h3-6H,7-8,13H2,1-2H3,(H,14,15). The zero-order valence-electron chi connectivity index (χ0n) is 9.56. The molecule has 0 spiro atoms. The second kappa shape index (κ2) is 4.99. The van der Waals surface area contributed by atoms with Crippen molar-refractivity contribution in [1.29, 1.82) is 0 Å². The third kappa shape index (κ3) is 3.24. The summed E-state index contributed by atoms with van der Waals surface area (Å²) in [5.74, 6) is -0.599. The number of carbonyl (C=O) groups is 1. The normalized spacial score (nSPS) is 11.2. The van der Waals surface area contributed by atoms with E-state index in [9.17, 15) is 4.79 Å². The summed E-state index contributed by atoms with van der Waals surface area (Å²) in [6.07, 6.45) is 0. The molecule has 0 aliphatic carbocycles. The highest BCUT2D eigenvalue weighted by molar-refractivity contribution is 5.90. The van der Waals surface area contributed by atoms with Gasteiger partial charge in [0.25, 0.3) is 0 Å². The molecular formula is C12H17NO3. The van der Waals surface area contributed by atoms with Crippen LogP contribution in [0.25, 0.3) is 0 Å². The van der Waals surface area contributed by atoms with E-state index in [2.05, 4.69) is 0 Å². The maximum Gasteiger partial charge on any atom is 0.339 e. The Morgan fingerprint density at radius 2 is 2.06 bits per heavy atom. The molecule has 0 aromatic heterocycles. The van der Waals surface area contributed by atoms with Gasteiger partial charge in [0, 0.05) is 12.0 Å². The van der Waals surface area contributed by atoms with Crippen LogP contribution in [0.4, 0.5) is 0 Å². The maximum absolute atomic E-state index is 10.9. The van der Waals surface area contributed by atoms with Crippen LogP contribution in [0.2, 0.25) is 0 Å². The van der Waals surface area contributed by atoms with Gasteiger partial charge in [-0.15, -0.1) is 0 Å². The molecule has 3 N–H and O–H groups in total. The fourth-order valence-electron chi connectivity index (χ4n) is 1.10. The Kier molecular flexibility index (Phi) is 3.90. The minimum atomic E-state index is -0.985.